The molecule has 17 heavy (non-hydrogen) atoms. The third-order valence-corrected chi connectivity index (χ3v) is 2.42. The van der Waals surface area contributed by atoms with Crippen LogP contribution in [0.3, 0.4) is 0 Å². The standard InChI is InChI=1S/C12H11FN2O2/c13-10-5-2-1-4-9(10)11(16)8-15-7-3-6-14-12(15)17/h1-7,11,16H,8H2. The summed E-state index contributed by atoms with van der Waals surface area (Å²) in [5.74, 6) is -0.489. The van der Waals surface area contributed by atoms with Gasteiger partial charge in [0.25, 0.3) is 0 Å². The number of aliphatic hydroxyl groups is 1. The Hall–Kier alpha value is -2.01. The molecular formula is C12H11FN2O2. The lowest BCUT2D eigenvalue weighted by Crippen LogP contribution is -2.24. The first kappa shape index (κ1) is 11.5. The maximum Gasteiger partial charge on any atom is 0.347 e. The second kappa shape index (κ2) is 4.88. The summed E-state index contributed by atoms with van der Waals surface area (Å²) < 4.78 is 14.6. The molecule has 0 saturated heterocycles. The highest BCUT2D eigenvalue weighted by molar-refractivity contribution is 5.19. The van der Waals surface area contributed by atoms with Crippen LogP contribution in [0.15, 0.2) is 47.5 Å². The molecule has 1 aromatic carbocycles. The fourth-order valence-corrected chi connectivity index (χ4v) is 1.56. The number of rotatable bonds is 3. The SMILES string of the molecule is O=c1ncccn1CC(O)c1ccccc1F. The van der Waals surface area contributed by atoms with E-state index in [0.29, 0.717) is 0 Å². The molecule has 1 atom stereocenters. The Labute approximate surface area is 97.0 Å². The van der Waals surface area contributed by atoms with Crippen LogP contribution in [0.4, 0.5) is 4.39 Å². The highest BCUT2D eigenvalue weighted by Gasteiger charge is 2.13. The van der Waals surface area contributed by atoms with Crippen LogP contribution in [0.25, 0.3) is 0 Å². The van der Waals surface area contributed by atoms with Crippen LogP contribution >= 0.6 is 0 Å². The lowest BCUT2D eigenvalue weighted by molar-refractivity contribution is 0.150. The van der Waals surface area contributed by atoms with Gasteiger partial charge >= 0.3 is 5.69 Å². The lowest BCUT2D eigenvalue weighted by atomic mass is 10.1. The van der Waals surface area contributed by atoms with Gasteiger partial charge in [-0.05, 0) is 12.1 Å². The van der Waals surface area contributed by atoms with E-state index in [-0.39, 0.29) is 12.1 Å². The number of nitrogens with zero attached hydrogens (tertiary/aromatic N) is 2. The zero-order valence-corrected chi connectivity index (χ0v) is 8.95. The number of hydrogen-bond acceptors (Lipinski definition) is 3. The van der Waals surface area contributed by atoms with Crippen molar-refractivity contribution in [1.82, 2.24) is 9.55 Å². The van der Waals surface area contributed by atoms with Crippen molar-refractivity contribution < 1.29 is 9.50 Å². The quantitative estimate of drug-likeness (QED) is 0.865. The van der Waals surface area contributed by atoms with Gasteiger partial charge in [-0.3, -0.25) is 4.57 Å². The van der Waals surface area contributed by atoms with Crippen molar-refractivity contribution in [2.75, 3.05) is 0 Å². The molecule has 0 amide bonds. The zero-order chi connectivity index (χ0) is 12.3. The molecule has 0 radical (unpaired) electrons. The third-order valence-electron chi connectivity index (χ3n) is 2.42. The summed E-state index contributed by atoms with van der Waals surface area (Å²) in [5.41, 5.74) is -0.300. The van der Waals surface area contributed by atoms with Crippen molar-refractivity contribution in [3.8, 4) is 0 Å². The van der Waals surface area contributed by atoms with Crippen LogP contribution in [-0.4, -0.2) is 14.7 Å². The number of aliphatic hydroxyl groups excluding tert-OH is 1. The minimum absolute atomic E-state index is 0.0202. The minimum Gasteiger partial charge on any atom is -0.386 e. The fourth-order valence-electron chi connectivity index (χ4n) is 1.56. The molecule has 1 unspecified atom stereocenters. The maximum absolute atomic E-state index is 13.4. The van der Waals surface area contributed by atoms with Gasteiger partial charge in [-0.1, -0.05) is 18.2 Å². The second-order valence-electron chi connectivity index (χ2n) is 3.59. The van der Waals surface area contributed by atoms with Crippen LogP contribution in [-0.2, 0) is 6.54 Å². The molecule has 1 aromatic heterocycles. The summed E-state index contributed by atoms with van der Waals surface area (Å²) in [4.78, 5) is 14.9. The molecule has 88 valence electrons. The summed E-state index contributed by atoms with van der Waals surface area (Å²) in [6.07, 6.45) is 1.80. The zero-order valence-electron chi connectivity index (χ0n) is 8.95. The summed E-state index contributed by atoms with van der Waals surface area (Å²) >= 11 is 0. The van der Waals surface area contributed by atoms with Gasteiger partial charge in [0.15, 0.2) is 0 Å². The van der Waals surface area contributed by atoms with E-state index < -0.39 is 17.6 Å². The Morgan fingerprint density at radius 2 is 2.12 bits per heavy atom. The van der Waals surface area contributed by atoms with Gasteiger partial charge < -0.3 is 5.11 Å². The predicted octanol–water partition coefficient (Wildman–Crippen LogP) is 1.12. The van der Waals surface area contributed by atoms with Crippen molar-refractivity contribution in [1.29, 1.82) is 0 Å². The van der Waals surface area contributed by atoms with Gasteiger partial charge in [0.2, 0.25) is 0 Å². The predicted molar refractivity (Wildman–Crippen MR) is 59.9 cm³/mol. The van der Waals surface area contributed by atoms with Crippen molar-refractivity contribution >= 4 is 0 Å². The minimum atomic E-state index is -1.07. The summed E-state index contributed by atoms with van der Waals surface area (Å²) in [5, 5.41) is 9.85. The molecule has 2 rings (SSSR count). The Kier molecular flexibility index (Phi) is 3.30. The summed E-state index contributed by atoms with van der Waals surface area (Å²) in [7, 11) is 0. The largest absolute Gasteiger partial charge is 0.386 e. The molecule has 0 aliphatic rings. The van der Waals surface area contributed by atoms with E-state index in [0.717, 1.165) is 0 Å². The van der Waals surface area contributed by atoms with Crippen LogP contribution in [0.2, 0.25) is 0 Å². The number of halogens is 1. The first-order valence-electron chi connectivity index (χ1n) is 5.12. The van der Waals surface area contributed by atoms with E-state index in [1.165, 1.54) is 29.1 Å². The molecular weight excluding hydrogens is 223 g/mol. The van der Waals surface area contributed by atoms with Crippen LogP contribution < -0.4 is 5.69 Å². The van der Waals surface area contributed by atoms with Crippen molar-refractivity contribution in [2.24, 2.45) is 0 Å². The Balaban J connectivity index is 2.23. The highest BCUT2D eigenvalue weighted by atomic mass is 19.1. The Morgan fingerprint density at radius 1 is 1.35 bits per heavy atom. The third kappa shape index (κ3) is 2.57. The van der Waals surface area contributed by atoms with E-state index >= 15 is 0 Å². The van der Waals surface area contributed by atoms with Gasteiger partial charge in [-0.2, -0.15) is 0 Å². The normalized spacial score (nSPS) is 12.4. The first-order valence-corrected chi connectivity index (χ1v) is 5.12. The Morgan fingerprint density at radius 3 is 2.82 bits per heavy atom. The van der Waals surface area contributed by atoms with Gasteiger partial charge in [0, 0.05) is 18.0 Å². The fraction of sp³-hybridized carbons (Fsp3) is 0.167. The molecule has 2 aromatic rings. The van der Waals surface area contributed by atoms with Crippen molar-refractivity contribution in [2.45, 2.75) is 12.6 Å². The molecule has 1 N–H and O–H groups in total. The van der Waals surface area contributed by atoms with Crippen LogP contribution in [0.5, 0.6) is 0 Å². The average Bonchev–Trinajstić information content (AvgIpc) is 2.32. The molecule has 5 heteroatoms. The number of benzene rings is 1. The Bertz CT molecular complexity index is 568. The molecule has 4 nitrogen and oxygen atoms in total. The molecule has 0 aliphatic carbocycles. The van der Waals surface area contributed by atoms with E-state index in [9.17, 15) is 14.3 Å². The molecule has 0 saturated carbocycles. The monoisotopic (exact) mass is 234 g/mol. The summed E-state index contributed by atoms with van der Waals surface area (Å²) in [6.45, 7) is -0.0202. The van der Waals surface area contributed by atoms with E-state index in [4.69, 9.17) is 0 Å². The van der Waals surface area contributed by atoms with Crippen molar-refractivity contribution in [3.63, 3.8) is 0 Å². The van der Waals surface area contributed by atoms with E-state index in [1.807, 2.05) is 0 Å². The molecule has 0 spiro atoms. The number of hydrogen-bond donors (Lipinski definition) is 1. The topological polar surface area (TPSA) is 55.1 Å². The van der Waals surface area contributed by atoms with E-state index in [1.54, 1.807) is 18.2 Å². The molecule has 0 fully saturated rings. The second-order valence-corrected chi connectivity index (χ2v) is 3.59. The average molecular weight is 234 g/mol. The maximum atomic E-state index is 13.4. The smallest absolute Gasteiger partial charge is 0.347 e. The van der Waals surface area contributed by atoms with E-state index in [2.05, 4.69) is 4.98 Å². The van der Waals surface area contributed by atoms with Crippen LogP contribution in [0.1, 0.15) is 11.7 Å². The molecule has 0 aliphatic heterocycles. The molecule has 1 heterocycles. The van der Waals surface area contributed by atoms with Gasteiger partial charge in [-0.15, -0.1) is 0 Å². The lowest BCUT2D eigenvalue weighted by Gasteiger charge is -2.12. The van der Waals surface area contributed by atoms with Gasteiger partial charge in [0.1, 0.15) is 5.82 Å². The number of aromatic nitrogens is 2. The molecule has 0 bridgehead atoms. The van der Waals surface area contributed by atoms with Crippen LogP contribution in [0, 0.1) is 5.82 Å². The van der Waals surface area contributed by atoms with Gasteiger partial charge in [-0.25, -0.2) is 14.2 Å². The van der Waals surface area contributed by atoms with Gasteiger partial charge in [0.05, 0.1) is 12.6 Å². The highest BCUT2D eigenvalue weighted by Crippen LogP contribution is 2.17. The van der Waals surface area contributed by atoms with Crippen molar-refractivity contribution in [3.05, 3.63) is 64.6 Å². The summed E-state index contributed by atoms with van der Waals surface area (Å²) in [6, 6.07) is 7.51. The first-order chi connectivity index (χ1) is 8.18.